The van der Waals surface area contributed by atoms with Gasteiger partial charge in [0.2, 0.25) is 0 Å². The van der Waals surface area contributed by atoms with Gasteiger partial charge in [-0.2, -0.15) is 0 Å². The van der Waals surface area contributed by atoms with Crippen molar-refractivity contribution in [1.82, 2.24) is 0 Å². The van der Waals surface area contributed by atoms with Crippen LogP contribution in [0.4, 0.5) is 22.7 Å². The van der Waals surface area contributed by atoms with E-state index in [4.69, 9.17) is 39.6 Å². The predicted molar refractivity (Wildman–Crippen MR) is 150 cm³/mol. The van der Waals surface area contributed by atoms with E-state index in [1.165, 1.54) is 0 Å². The Morgan fingerprint density at radius 2 is 0.596 bits per heavy atom. The largest absolute Gasteiger partial charge is 3.00 e. The summed E-state index contributed by atoms with van der Waals surface area (Å²) in [6.07, 6.45) is 0. The monoisotopic (exact) mass is 1060 g/mol. The van der Waals surface area contributed by atoms with Crippen LogP contribution in [0.3, 0.4) is 0 Å². The van der Waals surface area contributed by atoms with Crippen molar-refractivity contribution < 1.29 is 177 Å². The second-order valence-corrected chi connectivity index (χ2v) is 6.97. The van der Waals surface area contributed by atoms with Crippen LogP contribution in [-0.2, 0) is 41.1 Å². The molecule has 298 valence electrons. The summed E-state index contributed by atoms with van der Waals surface area (Å²) >= 11 is 0. The number of benzene rings is 2. The van der Waals surface area contributed by atoms with Crippen molar-refractivity contribution in [1.29, 1.82) is 0 Å². The number of nitrogens with zero attached hydrogens (tertiary/aromatic N) is 4. The molecule has 0 spiro atoms. The third kappa shape index (κ3) is 43.3. The van der Waals surface area contributed by atoms with Crippen molar-refractivity contribution in [3.8, 4) is 0 Å². The minimum absolute atomic E-state index is 0. The molecule has 0 aliphatic carbocycles. The number of rotatable bonds is 6. The molecule has 0 unspecified atom stereocenters. The fraction of sp³-hybridized carbons (Fsp3) is 0.182. The molecule has 0 aliphatic rings. The molecule has 0 heterocycles. The molecule has 30 heteroatoms. The SMILES string of the molecule is CC(=O)[O-].CC(=O)[O-].CC(=O)[O-].CC(=O)[O-].O=C([O-])c1ccc([N+](=O)[O-])cc1[N+](=O)[O-].O=C([O-])c1ccc([N+](=O)[O-])cc1[N+](=O)[O-].[Dy+3].[Dy+3].[OH3+].[OH3+].[OH3+].[OH3+]. The van der Waals surface area contributed by atoms with Crippen molar-refractivity contribution in [2.75, 3.05) is 0 Å². The molecule has 0 aromatic heterocycles. The number of carbonyl (C=O) groups excluding carboxylic acids is 6. The van der Waals surface area contributed by atoms with Crippen molar-refractivity contribution in [3.05, 3.63) is 88.0 Å². The summed E-state index contributed by atoms with van der Waals surface area (Å²) in [5.41, 5.74) is -4.19. The Bertz CT molecular complexity index is 1340. The van der Waals surface area contributed by atoms with E-state index in [0.29, 0.717) is 12.1 Å². The quantitative estimate of drug-likeness (QED) is 0.147. The Balaban J connectivity index is -0.0000000557. The first kappa shape index (κ1) is 72.8. The van der Waals surface area contributed by atoms with Crippen LogP contribution in [0.5, 0.6) is 0 Å². The molecule has 2 rings (SSSR count). The first-order valence-electron chi connectivity index (χ1n) is 10.8. The molecule has 0 bridgehead atoms. The molecule has 2 radical (unpaired) electrons. The second kappa shape index (κ2) is 39.0. The van der Waals surface area contributed by atoms with Crippen LogP contribution in [0.2, 0.25) is 0 Å². The molecule has 28 nitrogen and oxygen atoms in total. The van der Waals surface area contributed by atoms with Gasteiger partial charge < -0.3 is 81.3 Å². The number of carbonyl (C=O) groups is 6. The van der Waals surface area contributed by atoms with Crippen molar-refractivity contribution in [2.45, 2.75) is 27.7 Å². The maximum absolute atomic E-state index is 10.4. The Labute approximate surface area is 348 Å². The first-order valence-corrected chi connectivity index (χ1v) is 10.8. The van der Waals surface area contributed by atoms with E-state index < -0.39 is 89.4 Å². The fourth-order valence-electron chi connectivity index (χ4n) is 1.91. The second-order valence-electron chi connectivity index (χ2n) is 6.97. The van der Waals surface area contributed by atoms with Crippen LogP contribution in [0.15, 0.2) is 36.4 Å². The smallest absolute Gasteiger partial charge is 0.550 e. The van der Waals surface area contributed by atoms with Gasteiger partial charge >= 0.3 is 76.3 Å². The number of nitro groups is 4. The van der Waals surface area contributed by atoms with Gasteiger partial charge in [-0.15, -0.1) is 0 Å². The molecular formula is C22H30Dy2N4O24+4. The third-order valence-electron chi connectivity index (χ3n) is 3.22. The maximum Gasteiger partial charge on any atom is 3.00 e. The molecule has 0 atom stereocenters. The van der Waals surface area contributed by atoms with Crippen LogP contribution >= 0.6 is 0 Å². The van der Waals surface area contributed by atoms with Gasteiger partial charge in [0.1, 0.15) is 0 Å². The number of hydrogen-bond donors (Lipinski definition) is 0. The Morgan fingerprint density at radius 1 is 0.423 bits per heavy atom. The number of aliphatic carboxylic acids is 4. The molecule has 2 aromatic rings. The summed E-state index contributed by atoms with van der Waals surface area (Å²) < 4.78 is 0. The Hall–Kier alpha value is -4.75. The Kier molecular flexibility index (Phi) is 54.7. The molecule has 0 saturated carbocycles. The molecule has 0 saturated heterocycles. The average Bonchev–Trinajstić information content (AvgIpc) is 2.86. The zero-order valence-corrected chi connectivity index (χ0v) is 30.4. The van der Waals surface area contributed by atoms with Gasteiger partial charge in [-0.25, -0.2) is 0 Å². The van der Waals surface area contributed by atoms with Gasteiger partial charge in [0, 0.05) is 36.0 Å². The summed E-state index contributed by atoms with van der Waals surface area (Å²) in [6, 6.07) is 4.41. The third-order valence-corrected chi connectivity index (χ3v) is 3.22. The minimum Gasteiger partial charge on any atom is -0.550 e. The fourth-order valence-corrected chi connectivity index (χ4v) is 1.91. The topological polar surface area (TPSA) is 545 Å². The number of aromatic carboxylic acids is 2. The van der Waals surface area contributed by atoms with E-state index in [2.05, 4.69) is 0 Å². The zero-order chi connectivity index (χ0) is 37.5. The summed E-state index contributed by atoms with van der Waals surface area (Å²) in [5, 5.41) is 97.7. The number of nitro benzene ring substituents is 4. The van der Waals surface area contributed by atoms with Gasteiger partial charge in [0.25, 0.3) is 22.7 Å². The van der Waals surface area contributed by atoms with Gasteiger partial charge in [-0.3, -0.25) is 40.5 Å². The zero-order valence-electron chi connectivity index (χ0n) is 26.4. The van der Waals surface area contributed by atoms with Crippen molar-refractivity contribution in [2.24, 2.45) is 0 Å². The molecule has 0 aliphatic heterocycles. The van der Waals surface area contributed by atoms with Crippen LogP contribution in [0.1, 0.15) is 48.4 Å². The van der Waals surface area contributed by atoms with E-state index in [0.717, 1.165) is 52.0 Å². The minimum atomic E-state index is -1.75. The van der Waals surface area contributed by atoms with Crippen molar-refractivity contribution >= 4 is 58.6 Å². The summed E-state index contributed by atoms with van der Waals surface area (Å²) in [4.78, 5) is 94.0. The van der Waals surface area contributed by atoms with E-state index in [-0.39, 0.29) is 98.3 Å². The summed E-state index contributed by atoms with van der Waals surface area (Å²) in [6.45, 7) is 3.89. The van der Waals surface area contributed by atoms with E-state index in [1.54, 1.807) is 0 Å². The molecule has 0 amide bonds. The van der Waals surface area contributed by atoms with Gasteiger partial charge in [-0.05, 0) is 39.8 Å². The molecule has 0 fully saturated rings. The molecule has 52 heavy (non-hydrogen) atoms. The average molecular weight is 1060 g/mol. The first-order chi connectivity index (χ1) is 20.8. The molecular weight excluding hydrogens is 1030 g/mol. The van der Waals surface area contributed by atoms with Crippen LogP contribution in [0, 0.1) is 117 Å². The van der Waals surface area contributed by atoms with Gasteiger partial charge in [0.15, 0.2) is 0 Å². The van der Waals surface area contributed by atoms with Crippen LogP contribution in [0.25, 0.3) is 0 Å². The number of hydrogen-bond acceptors (Lipinski definition) is 20. The molecule has 2 aromatic carbocycles. The maximum atomic E-state index is 10.4. The van der Waals surface area contributed by atoms with E-state index in [1.807, 2.05) is 0 Å². The normalized spacial score (nSPS) is 7.46. The summed E-state index contributed by atoms with van der Waals surface area (Å²) in [5.74, 6) is -7.84. The predicted octanol–water partition coefficient (Wildman–Crippen LogP) is -8.93. The number of carboxylic acids is 6. The van der Waals surface area contributed by atoms with E-state index >= 15 is 0 Å². The number of carboxylic acid groups (broad SMARTS) is 6. The standard InChI is InChI=1S/2C7H4N2O6.4C2H4O2.2Dy.4H2O/c2*10-7(11)5-2-1-4(8(12)13)3-6(5)9(14)15;4*1-2(3)4;;;;;;/h2*1-3H,(H,10,11);4*1H3,(H,3,4);;;4*1H2/q;;;;;;2*+3;;;;/p-2. The van der Waals surface area contributed by atoms with Gasteiger partial charge in [-0.1, -0.05) is 0 Å². The van der Waals surface area contributed by atoms with Crippen LogP contribution in [-0.4, -0.2) is 55.5 Å². The van der Waals surface area contributed by atoms with Gasteiger partial charge in [0.05, 0.1) is 54.9 Å². The Morgan fingerprint density at radius 3 is 0.712 bits per heavy atom. The van der Waals surface area contributed by atoms with Crippen LogP contribution < -0.4 is 30.6 Å². The number of non-ortho nitro benzene ring substituents is 2. The van der Waals surface area contributed by atoms with E-state index in [9.17, 15) is 60.3 Å². The summed E-state index contributed by atoms with van der Waals surface area (Å²) in [7, 11) is 0. The molecule has 12 N–H and O–H groups in total. The van der Waals surface area contributed by atoms with Crippen molar-refractivity contribution in [3.63, 3.8) is 0 Å².